The highest BCUT2D eigenvalue weighted by Crippen LogP contribution is 2.23. The van der Waals surface area contributed by atoms with Crippen molar-refractivity contribution < 1.29 is 9.53 Å². The molecule has 0 radical (unpaired) electrons. The zero-order chi connectivity index (χ0) is 21.4. The van der Waals surface area contributed by atoms with Gasteiger partial charge in [0.05, 0.1) is 35.0 Å². The molecule has 0 saturated heterocycles. The van der Waals surface area contributed by atoms with Crippen LogP contribution in [0.2, 0.25) is 0 Å². The third kappa shape index (κ3) is 3.16. The Bertz CT molecular complexity index is 1460. The van der Waals surface area contributed by atoms with Gasteiger partial charge in [-0.05, 0) is 43.3 Å². The fourth-order valence-corrected chi connectivity index (χ4v) is 3.64. The minimum absolute atomic E-state index is 0.173. The summed E-state index contributed by atoms with van der Waals surface area (Å²) >= 11 is 0. The van der Waals surface area contributed by atoms with Gasteiger partial charge in [0.15, 0.2) is 5.82 Å². The van der Waals surface area contributed by atoms with E-state index in [1.54, 1.807) is 41.9 Å². The number of nitrogens with zero attached hydrogens (tertiary/aromatic N) is 6. The molecule has 0 aliphatic rings. The Labute approximate surface area is 176 Å². The molecule has 0 amide bonds. The van der Waals surface area contributed by atoms with Gasteiger partial charge < -0.3 is 4.74 Å². The van der Waals surface area contributed by atoms with E-state index in [2.05, 4.69) is 15.3 Å². The van der Waals surface area contributed by atoms with Crippen LogP contribution in [0.4, 0.5) is 0 Å². The third-order valence-corrected chi connectivity index (χ3v) is 5.01. The summed E-state index contributed by atoms with van der Waals surface area (Å²) in [7, 11) is 0. The van der Waals surface area contributed by atoms with Crippen molar-refractivity contribution >= 4 is 22.5 Å². The van der Waals surface area contributed by atoms with Gasteiger partial charge in [-0.3, -0.25) is 9.36 Å². The second kappa shape index (κ2) is 7.52. The van der Waals surface area contributed by atoms with Crippen LogP contribution in [0.15, 0.2) is 71.8 Å². The smallest absolute Gasteiger partial charge is 0.335 e. The minimum Gasteiger partial charge on any atom is -0.465 e. The monoisotopic (exact) mass is 414 g/mol. The fraction of sp³-hybridized carbons (Fsp3) is 0.136. The van der Waals surface area contributed by atoms with E-state index in [9.17, 15) is 9.59 Å². The van der Waals surface area contributed by atoms with Gasteiger partial charge in [-0.2, -0.15) is 5.10 Å². The Hall–Kier alpha value is -4.27. The molecule has 0 aliphatic heterocycles. The molecule has 5 rings (SSSR count). The van der Waals surface area contributed by atoms with Crippen molar-refractivity contribution in [3.63, 3.8) is 0 Å². The number of carbonyl (C=O) groups excluding carboxylic acids is 1. The van der Waals surface area contributed by atoms with E-state index < -0.39 is 5.97 Å². The standard InChI is InChI=1S/C22H18N6O3/c1-2-31-21(29)14-26-18-8-3-4-9-19(18)28(22(26)30)20-11-10-16(24-25-20)15-13-23-27-12-6-5-7-17(15)27/h3-13H,2,14H2,1H3. The number of carbonyl (C=O) groups is 1. The van der Waals surface area contributed by atoms with E-state index in [1.165, 1.54) is 9.13 Å². The van der Waals surface area contributed by atoms with Crippen LogP contribution in [0.1, 0.15) is 6.92 Å². The van der Waals surface area contributed by atoms with Crippen LogP contribution in [0.5, 0.6) is 0 Å². The lowest BCUT2D eigenvalue weighted by molar-refractivity contribution is -0.143. The first-order valence-corrected chi connectivity index (χ1v) is 9.80. The molecular weight excluding hydrogens is 396 g/mol. The molecule has 31 heavy (non-hydrogen) atoms. The van der Waals surface area contributed by atoms with Crippen LogP contribution in [-0.2, 0) is 16.1 Å². The second-order valence-corrected chi connectivity index (χ2v) is 6.86. The van der Waals surface area contributed by atoms with Gasteiger partial charge in [-0.25, -0.2) is 13.9 Å². The average molecular weight is 414 g/mol. The maximum atomic E-state index is 13.2. The normalized spacial score (nSPS) is 11.3. The number of aromatic nitrogens is 6. The number of rotatable bonds is 5. The molecule has 0 N–H and O–H groups in total. The zero-order valence-electron chi connectivity index (χ0n) is 16.7. The Morgan fingerprint density at radius 3 is 2.52 bits per heavy atom. The maximum Gasteiger partial charge on any atom is 0.335 e. The maximum absolute atomic E-state index is 13.2. The second-order valence-electron chi connectivity index (χ2n) is 6.86. The van der Waals surface area contributed by atoms with E-state index in [1.807, 2.05) is 36.5 Å². The fourth-order valence-electron chi connectivity index (χ4n) is 3.64. The number of ether oxygens (including phenoxy) is 1. The van der Waals surface area contributed by atoms with Crippen molar-refractivity contribution in [2.24, 2.45) is 0 Å². The van der Waals surface area contributed by atoms with Gasteiger partial charge in [-0.1, -0.05) is 18.2 Å². The molecule has 4 aromatic heterocycles. The van der Waals surface area contributed by atoms with Crippen molar-refractivity contribution in [2.75, 3.05) is 6.61 Å². The first-order valence-electron chi connectivity index (χ1n) is 9.80. The molecule has 0 aliphatic carbocycles. The van der Waals surface area contributed by atoms with Crippen LogP contribution >= 0.6 is 0 Å². The highest BCUT2D eigenvalue weighted by Gasteiger charge is 2.18. The van der Waals surface area contributed by atoms with Crippen LogP contribution < -0.4 is 5.69 Å². The summed E-state index contributed by atoms with van der Waals surface area (Å²) in [4.78, 5) is 25.2. The summed E-state index contributed by atoms with van der Waals surface area (Å²) in [6.45, 7) is 1.81. The minimum atomic E-state index is -0.470. The number of hydrogen-bond acceptors (Lipinski definition) is 6. The zero-order valence-corrected chi connectivity index (χ0v) is 16.7. The van der Waals surface area contributed by atoms with Crippen molar-refractivity contribution in [3.8, 4) is 17.1 Å². The summed E-state index contributed by atoms with van der Waals surface area (Å²) in [6, 6.07) is 16.5. The summed E-state index contributed by atoms with van der Waals surface area (Å²) in [5, 5.41) is 13.0. The van der Waals surface area contributed by atoms with E-state index in [4.69, 9.17) is 4.74 Å². The lowest BCUT2D eigenvalue weighted by atomic mass is 10.2. The first kappa shape index (κ1) is 18.7. The van der Waals surface area contributed by atoms with Gasteiger partial charge in [0, 0.05) is 11.8 Å². The number of para-hydroxylation sites is 2. The van der Waals surface area contributed by atoms with Gasteiger partial charge in [0.25, 0.3) is 0 Å². The molecule has 9 nitrogen and oxygen atoms in total. The van der Waals surface area contributed by atoms with E-state index >= 15 is 0 Å². The van der Waals surface area contributed by atoms with E-state index in [-0.39, 0.29) is 18.8 Å². The van der Waals surface area contributed by atoms with Crippen molar-refractivity contribution in [2.45, 2.75) is 13.5 Å². The molecule has 0 atom stereocenters. The third-order valence-electron chi connectivity index (χ3n) is 5.01. The predicted molar refractivity (Wildman–Crippen MR) is 114 cm³/mol. The lowest BCUT2D eigenvalue weighted by Gasteiger charge is -2.03. The molecule has 5 aromatic rings. The Kier molecular flexibility index (Phi) is 4.55. The number of fused-ring (bicyclic) bond motifs is 2. The summed E-state index contributed by atoms with van der Waals surface area (Å²) in [6.07, 6.45) is 3.59. The molecule has 0 bridgehead atoms. The van der Waals surface area contributed by atoms with Crippen molar-refractivity contribution in [1.82, 2.24) is 28.9 Å². The number of esters is 1. The summed E-state index contributed by atoms with van der Waals surface area (Å²) in [5.41, 5.74) is 3.27. The quantitative estimate of drug-likeness (QED) is 0.410. The molecule has 0 fully saturated rings. The number of benzene rings is 1. The SMILES string of the molecule is CCOC(=O)Cn1c(=O)n(-c2ccc(-c3cnn4ccccc34)nn2)c2ccccc21. The molecule has 9 heteroatoms. The van der Waals surface area contributed by atoms with E-state index in [0.717, 1.165) is 11.1 Å². The predicted octanol–water partition coefficient (Wildman–Crippen LogP) is 2.46. The van der Waals surface area contributed by atoms with Gasteiger partial charge >= 0.3 is 11.7 Å². The van der Waals surface area contributed by atoms with Gasteiger partial charge in [-0.15, -0.1) is 10.2 Å². The van der Waals surface area contributed by atoms with Crippen LogP contribution in [-0.4, -0.2) is 41.5 Å². The first-order chi connectivity index (χ1) is 15.2. The summed E-state index contributed by atoms with van der Waals surface area (Å²) < 4.78 is 9.60. The molecule has 154 valence electrons. The highest BCUT2D eigenvalue weighted by atomic mass is 16.5. The molecule has 1 aromatic carbocycles. The molecule has 0 unspecified atom stereocenters. The van der Waals surface area contributed by atoms with Crippen molar-refractivity contribution in [3.05, 3.63) is 77.5 Å². The molecule has 4 heterocycles. The largest absolute Gasteiger partial charge is 0.465 e. The van der Waals surface area contributed by atoms with Gasteiger partial charge in [0.1, 0.15) is 6.54 Å². The van der Waals surface area contributed by atoms with Crippen LogP contribution in [0, 0.1) is 0 Å². The number of pyridine rings is 1. The van der Waals surface area contributed by atoms with Crippen LogP contribution in [0.3, 0.4) is 0 Å². The Morgan fingerprint density at radius 1 is 0.968 bits per heavy atom. The topological polar surface area (TPSA) is 96.3 Å². The number of imidazole rings is 1. The molecular formula is C22H18N6O3. The Balaban J connectivity index is 1.59. The summed E-state index contributed by atoms with van der Waals surface area (Å²) in [5.74, 6) is -0.106. The Morgan fingerprint density at radius 2 is 1.74 bits per heavy atom. The van der Waals surface area contributed by atoms with Crippen molar-refractivity contribution in [1.29, 1.82) is 0 Å². The average Bonchev–Trinajstić information content (AvgIpc) is 3.34. The van der Waals surface area contributed by atoms with Gasteiger partial charge in [0.2, 0.25) is 0 Å². The molecule has 0 saturated carbocycles. The molecule has 0 spiro atoms. The van der Waals surface area contributed by atoms with E-state index in [0.29, 0.717) is 22.5 Å². The van der Waals surface area contributed by atoms with Crippen LogP contribution in [0.25, 0.3) is 33.6 Å². The number of hydrogen-bond donors (Lipinski definition) is 0. The lowest BCUT2D eigenvalue weighted by Crippen LogP contribution is -2.27. The highest BCUT2D eigenvalue weighted by molar-refractivity contribution is 5.80.